The minimum Gasteiger partial charge on any atom is -0.504 e. The molecule has 3 N–H and O–H groups in total. The maximum atomic E-state index is 13.8. The van der Waals surface area contributed by atoms with E-state index < -0.39 is 17.4 Å². The normalized spacial score (nSPS) is 39.8. The minimum atomic E-state index is -1.00. The number of carboxylic acid groups (broad SMARTS) is 1. The molecule has 1 amide bonds. The number of carbonyl (C=O) groups is 3. The molecule has 0 heterocycles. The monoisotopic (exact) mass is 593 g/mol. The summed E-state index contributed by atoms with van der Waals surface area (Å²) in [6.07, 6.45) is 14.2. The summed E-state index contributed by atoms with van der Waals surface area (Å²) in [6, 6.07) is -0.924. The second kappa shape index (κ2) is 10.3. The van der Waals surface area contributed by atoms with Gasteiger partial charge >= 0.3 is 5.97 Å². The van der Waals surface area contributed by atoms with Gasteiger partial charge in [-0.25, -0.2) is 4.79 Å². The quantitative estimate of drug-likeness (QED) is 0.215. The van der Waals surface area contributed by atoms with E-state index in [0.29, 0.717) is 17.1 Å². The Balaban J connectivity index is 1.48. The predicted molar refractivity (Wildman–Crippen MR) is 168 cm³/mol. The number of aliphatic hydroxyl groups excluding tert-OH is 1. The van der Waals surface area contributed by atoms with Crippen molar-refractivity contribution in [3.63, 3.8) is 0 Å². The summed E-state index contributed by atoms with van der Waals surface area (Å²) in [5.41, 5.74) is 2.97. The Morgan fingerprint density at radius 2 is 1.79 bits per heavy atom. The van der Waals surface area contributed by atoms with E-state index in [1.807, 2.05) is 13.8 Å². The van der Waals surface area contributed by atoms with Crippen LogP contribution in [0.2, 0.25) is 0 Å². The molecule has 0 aromatic rings. The Morgan fingerprint density at radius 3 is 2.45 bits per heavy atom. The third kappa shape index (κ3) is 4.39. The molecular formula is C35H47NO5S. The Bertz CT molecular complexity index is 1370. The molecule has 0 bridgehead atoms. The smallest absolute Gasteiger partial charge is 0.327 e. The highest BCUT2D eigenvalue weighted by molar-refractivity contribution is 7.99. The minimum absolute atomic E-state index is 0.0725. The number of hydrogen-bond donors (Lipinski definition) is 3. The number of fused-ring (bicyclic) bond motifs is 7. The average molecular weight is 594 g/mol. The van der Waals surface area contributed by atoms with Gasteiger partial charge in [-0.05, 0) is 91.3 Å². The van der Waals surface area contributed by atoms with Crippen LogP contribution in [0.4, 0.5) is 0 Å². The number of carbonyl (C=O) groups excluding carboxylic acids is 2. The second-order valence-electron chi connectivity index (χ2n) is 14.8. The Kier molecular flexibility index (Phi) is 7.56. The fourth-order valence-electron chi connectivity index (χ4n) is 9.44. The van der Waals surface area contributed by atoms with Gasteiger partial charge in [0.2, 0.25) is 11.7 Å². The molecule has 7 atom stereocenters. The Labute approximate surface area is 254 Å². The summed E-state index contributed by atoms with van der Waals surface area (Å²) in [7, 11) is 0. The lowest BCUT2D eigenvalue weighted by atomic mass is 9.34. The topological polar surface area (TPSA) is 104 Å². The number of rotatable bonds is 7. The van der Waals surface area contributed by atoms with E-state index in [0.717, 1.165) is 56.1 Å². The summed E-state index contributed by atoms with van der Waals surface area (Å²) >= 11 is 1.46. The van der Waals surface area contributed by atoms with Gasteiger partial charge in [-0.1, -0.05) is 58.4 Å². The number of amides is 1. The van der Waals surface area contributed by atoms with E-state index in [1.54, 1.807) is 12.2 Å². The summed E-state index contributed by atoms with van der Waals surface area (Å²) in [5, 5.41) is 23.1. The third-order valence-corrected chi connectivity index (χ3v) is 13.6. The molecule has 5 aliphatic rings. The highest BCUT2D eigenvalue weighted by Gasteiger charge is 2.67. The molecule has 0 aromatic heterocycles. The van der Waals surface area contributed by atoms with Gasteiger partial charge in [0.1, 0.15) is 6.04 Å². The Morgan fingerprint density at radius 1 is 1.10 bits per heavy atom. The zero-order chi connectivity index (χ0) is 30.9. The molecule has 2 unspecified atom stereocenters. The number of allylic oxidation sites excluding steroid dienone is 7. The van der Waals surface area contributed by atoms with E-state index >= 15 is 0 Å². The fraction of sp³-hybridized carbons (Fsp3) is 0.629. The molecule has 0 spiro atoms. The second-order valence-corrected chi connectivity index (χ2v) is 15.9. The number of aliphatic hydroxyl groups is 1. The van der Waals surface area contributed by atoms with Crippen LogP contribution in [0.1, 0.15) is 86.5 Å². The van der Waals surface area contributed by atoms with Crippen molar-refractivity contribution in [1.82, 2.24) is 5.32 Å². The van der Waals surface area contributed by atoms with Gasteiger partial charge in [-0.15, -0.1) is 6.58 Å². The molecule has 6 nitrogen and oxygen atoms in total. The fourth-order valence-corrected chi connectivity index (χ4v) is 10.2. The van der Waals surface area contributed by atoms with Gasteiger partial charge in [-0.2, -0.15) is 11.8 Å². The number of thioether (sulfide) groups is 1. The molecule has 5 rings (SSSR count). The van der Waals surface area contributed by atoms with Crippen LogP contribution in [0, 0.1) is 33.0 Å². The molecular weight excluding hydrogens is 546 g/mol. The molecule has 42 heavy (non-hydrogen) atoms. The van der Waals surface area contributed by atoms with Crippen molar-refractivity contribution < 1.29 is 24.6 Å². The SMILES string of the molecule is C=CCSCC(NC(=O)[C@]1(C)CC[C@]2(C)CC[C@]3(C)C4=CC=C5C(=CC(=O)C(O)=C5C)[C@]4(C)CC[C@@]3(C)C2C1)C(=O)O. The van der Waals surface area contributed by atoms with Crippen LogP contribution < -0.4 is 5.32 Å². The molecule has 0 aromatic carbocycles. The van der Waals surface area contributed by atoms with Crippen molar-refractivity contribution >= 4 is 29.4 Å². The van der Waals surface area contributed by atoms with Crippen molar-refractivity contribution in [2.24, 2.45) is 33.0 Å². The van der Waals surface area contributed by atoms with Crippen LogP contribution in [0.15, 0.2) is 58.9 Å². The van der Waals surface area contributed by atoms with E-state index in [-0.39, 0.29) is 45.0 Å². The maximum Gasteiger partial charge on any atom is 0.327 e. The molecule has 3 saturated carbocycles. The van der Waals surface area contributed by atoms with E-state index in [2.05, 4.69) is 51.7 Å². The molecule has 228 valence electrons. The highest BCUT2D eigenvalue weighted by Crippen LogP contribution is 2.75. The van der Waals surface area contributed by atoms with Gasteiger partial charge in [0.05, 0.1) is 0 Å². The van der Waals surface area contributed by atoms with Crippen LogP contribution in [0.3, 0.4) is 0 Å². The van der Waals surface area contributed by atoms with Crippen LogP contribution in [0.5, 0.6) is 0 Å². The van der Waals surface area contributed by atoms with Crippen molar-refractivity contribution in [3.8, 4) is 0 Å². The lowest BCUT2D eigenvalue weighted by molar-refractivity contribution is -0.170. The van der Waals surface area contributed by atoms with Gasteiger partial charge < -0.3 is 15.5 Å². The summed E-state index contributed by atoms with van der Waals surface area (Å²) < 4.78 is 0. The molecule has 3 fully saturated rings. The van der Waals surface area contributed by atoms with Gasteiger partial charge in [-0.3, -0.25) is 9.59 Å². The number of carboxylic acids is 1. The number of aliphatic carboxylic acids is 1. The van der Waals surface area contributed by atoms with E-state index in [1.165, 1.54) is 17.3 Å². The molecule has 7 heteroatoms. The predicted octanol–water partition coefficient (Wildman–Crippen LogP) is 7.10. The largest absolute Gasteiger partial charge is 0.504 e. The summed E-state index contributed by atoms with van der Waals surface area (Å²) in [4.78, 5) is 38.6. The first-order valence-corrected chi connectivity index (χ1v) is 16.5. The van der Waals surface area contributed by atoms with Gasteiger partial charge in [0.25, 0.3) is 0 Å². The third-order valence-electron chi connectivity index (χ3n) is 12.5. The first kappa shape index (κ1) is 30.9. The van der Waals surface area contributed by atoms with E-state index in [4.69, 9.17) is 0 Å². The van der Waals surface area contributed by atoms with Crippen LogP contribution in [-0.4, -0.2) is 45.4 Å². The lowest BCUT2D eigenvalue weighted by Crippen LogP contribution is -2.63. The first-order valence-electron chi connectivity index (χ1n) is 15.4. The standard InChI is InChI=1S/C35H47NO5S/c1-8-17-42-20-24(29(39)40)36-30(41)32(4)12-11-31(3)13-15-34(6)26-10-9-22-21(2)28(38)25(37)18-23(22)33(26,5)14-16-35(34,7)27(31)19-32/h8-10,18,24,27,38H,1,11-17,19-20H2,2-7H3,(H,36,41)(H,39,40)/t24?,27?,31-,32-,33+,34-,35+/m1/s1. The van der Waals surface area contributed by atoms with Gasteiger partial charge in [0, 0.05) is 27.9 Å². The first-order chi connectivity index (χ1) is 19.6. The summed E-state index contributed by atoms with van der Waals surface area (Å²) in [6.45, 7) is 17.1. The molecule has 0 radical (unpaired) electrons. The maximum absolute atomic E-state index is 13.8. The summed E-state index contributed by atoms with van der Waals surface area (Å²) in [5.74, 6) is -0.378. The zero-order valence-corrected chi connectivity index (χ0v) is 26.9. The van der Waals surface area contributed by atoms with Crippen LogP contribution in [0.25, 0.3) is 0 Å². The van der Waals surface area contributed by atoms with Gasteiger partial charge in [0.15, 0.2) is 5.76 Å². The van der Waals surface area contributed by atoms with Crippen molar-refractivity contribution in [2.75, 3.05) is 11.5 Å². The molecule has 0 saturated heterocycles. The molecule has 5 aliphatic carbocycles. The van der Waals surface area contributed by atoms with Crippen molar-refractivity contribution in [1.29, 1.82) is 0 Å². The van der Waals surface area contributed by atoms with Crippen LogP contribution >= 0.6 is 11.8 Å². The zero-order valence-electron chi connectivity index (χ0n) is 26.1. The highest BCUT2D eigenvalue weighted by atomic mass is 32.2. The lowest BCUT2D eigenvalue weighted by Gasteiger charge is -2.70. The van der Waals surface area contributed by atoms with Crippen molar-refractivity contribution in [3.05, 3.63) is 58.9 Å². The average Bonchev–Trinajstić information content (AvgIpc) is 2.94. The number of hydrogen-bond acceptors (Lipinski definition) is 5. The molecule has 0 aliphatic heterocycles. The Hall–Kier alpha value is -2.54. The van der Waals surface area contributed by atoms with Crippen LogP contribution in [-0.2, 0) is 14.4 Å². The van der Waals surface area contributed by atoms with Crippen molar-refractivity contribution in [2.45, 2.75) is 92.5 Å². The number of ketones is 1. The number of nitrogens with one attached hydrogen (secondary N) is 1. The van der Waals surface area contributed by atoms with E-state index in [9.17, 15) is 24.6 Å².